The minimum Gasteiger partial charge on any atom is -0.495 e. The Morgan fingerprint density at radius 2 is 1.89 bits per heavy atom. The van der Waals surface area contributed by atoms with E-state index in [1.54, 1.807) is 18.2 Å². The van der Waals surface area contributed by atoms with Crippen LogP contribution in [0.4, 0.5) is 11.4 Å². The molecule has 0 spiro atoms. The summed E-state index contributed by atoms with van der Waals surface area (Å²) in [6.07, 6.45) is 1.70. The number of nitrogens with zero attached hydrogens (tertiary/aromatic N) is 1. The van der Waals surface area contributed by atoms with Crippen LogP contribution in [0, 0.1) is 0 Å². The zero-order valence-electron chi connectivity index (χ0n) is 15.5. The standard InChI is InChI=1S/C19H23N3O4S/c1-22(2)15-6-4-5-13(11-15)19(23)20-17-12-16(9-10-18(17)26-3)27(24,25)21-14-7-8-14/h4-6,9-12,14,21H,7-8H2,1-3H3,(H,20,23). The largest absolute Gasteiger partial charge is 0.495 e. The first-order valence-corrected chi connectivity index (χ1v) is 10.1. The van der Waals surface area contributed by atoms with E-state index in [-0.39, 0.29) is 16.8 Å². The number of rotatable bonds is 7. The van der Waals surface area contributed by atoms with E-state index in [4.69, 9.17) is 4.74 Å². The Bertz CT molecular complexity index is 953. The van der Waals surface area contributed by atoms with Gasteiger partial charge in [-0.1, -0.05) is 6.07 Å². The third-order valence-corrected chi connectivity index (χ3v) is 5.77. The van der Waals surface area contributed by atoms with Gasteiger partial charge in [0.2, 0.25) is 10.0 Å². The number of carbonyl (C=O) groups excluding carboxylic acids is 1. The van der Waals surface area contributed by atoms with Gasteiger partial charge in [0.1, 0.15) is 5.75 Å². The number of hydrogen-bond acceptors (Lipinski definition) is 5. The van der Waals surface area contributed by atoms with Crippen molar-refractivity contribution in [2.45, 2.75) is 23.8 Å². The van der Waals surface area contributed by atoms with Crippen molar-refractivity contribution in [1.82, 2.24) is 4.72 Å². The van der Waals surface area contributed by atoms with E-state index < -0.39 is 10.0 Å². The molecule has 1 aliphatic rings. The van der Waals surface area contributed by atoms with Crippen LogP contribution in [0.3, 0.4) is 0 Å². The van der Waals surface area contributed by atoms with Crippen molar-refractivity contribution in [2.75, 3.05) is 31.4 Å². The van der Waals surface area contributed by atoms with Crippen LogP contribution in [0.15, 0.2) is 47.4 Å². The molecule has 0 heterocycles. The van der Waals surface area contributed by atoms with Gasteiger partial charge in [-0.05, 0) is 49.2 Å². The van der Waals surface area contributed by atoms with E-state index in [9.17, 15) is 13.2 Å². The molecule has 2 aromatic rings. The highest BCUT2D eigenvalue weighted by atomic mass is 32.2. The number of anilines is 2. The van der Waals surface area contributed by atoms with Crippen molar-refractivity contribution < 1.29 is 17.9 Å². The Kier molecular flexibility index (Phi) is 5.38. The lowest BCUT2D eigenvalue weighted by molar-refractivity contribution is 0.102. The lowest BCUT2D eigenvalue weighted by atomic mass is 10.1. The minimum absolute atomic E-state index is 0.00363. The fourth-order valence-corrected chi connectivity index (χ4v) is 3.89. The summed E-state index contributed by atoms with van der Waals surface area (Å²) in [4.78, 5) is 14.6. The first-order valence-electron chi connectivity index (χ1n) is 8.59. The number of ether oxygens (including phenoxy) is 1. The topological polar surface area (TPSA) is 87.7 Å². The average Bonchev–Trinajstić information content (AvgIpc) is 3.45. The second-order valence-corrected chi connectivity index (χ2v) is 8.37. The molecule has 1 aliphatic carbocycles. The molecule has 0 aliphatic heterocycles. The molecule has 1 fully saturated rings. The van der Waals surface area contributed by atoms with Crippen LogP contribution < -0.4 is 19.7 Å². The Balaban J connectivity index is 1.87. The summed E-state index contributed by atoms with van der Waals surface area (Å²) in [5.41, 5.74) is 1.66. The molecule has 1 amide bonds. The van der Waals surface area contributed by atoms with Gasteiger partial charge in [-0.15, -0.1) is 0 Å². The zero-order chi connectivity index (χ0) is 19.6. The molecule has 27 heavy (non-hydrogen) atoms. The summed E-state index contributed by atoms with van der Waals surface area (Å²) >= 11 is 0. The van der Waals surface area contributed by atoms with E-state index in [1.807, 2.05) is 25.1 Å². The lowest BCUT2D eigenvalue weighted by Gasteiger charge is -2.15. The summed E-state index contributed by atoms with van der Waals surface area (Å²) in [7, 11) is 1.62. The Morgan fingerprint density at radius 1 is 1.15 bits per heavy atom. The van der Waals surface area contributed by atoms with Gasteiger partial charge in [0.25, 0.3) is 5.91 Å². The van der Waals surface area contributed by atoms with Crippen molar-refractivity contribution in [3.8, 4) is 5.75 Å². The number of benzene rings is 2. The fraction of sp³-hybridized carbons (Fsp3) is 0.316. The van der Waals surface area contributed by atoms with Crippen LogP contribution in [0.2, 0.25) is 0 Å². The molecule has 0 bridgehead atoms. The summed E-state index contributed by atoms with van der Waals surface area (Å²) in [5, 5.41) is 2.75. The molecule has 1 saturated carbocycles. The van der Waals surface area contributed by atoms with Crippen molar-refractivity contribution >= 4 is 27.3 Å². The predicted octanol–water partition coefficient (Wildman–Crippen LogP) is 2.45. The summed E-state index contributed by atoms with van der Waals surface area (Å²) in [6, 6.07) is 11.6. The molecule has 3 rings (SSSR count). The molecular formula is C19H23N3O4S. The van der Waals surface area contributed by atoms with E-state index in [0.29, 0.717) is 17.0 Å². The van der Waals surface area contributed by atoms with Crippen molar-refractivity contribution in [3.05, 3.63) is 48.0 Å². The van der Waals surface area contributed by atoms with Crippen LogP contribution in [0.1, 0.15) is 23.2 Å². The van der Waals surface area contributed by atoms with Crippen LogP contribution in [0.25, 0.3) is 0 Å². The maximum absolute atomic E-state index is 12.7. The van der Waals surface area contributed by atoms with Crippen molar-refractivity contribution in [2.24, 2.45) is 0 Å². The zero-order valence-corrected chi connectivity index (χ0v) is 16.3. The highest BCUT2D eigenvalue weighted by Gasteiger charge is 2.28. The molecule has 8 heteroatoms. The van der Waals surface area contributed by atoms with Gasteiger partial charge >= 0.3 is 0 Å². The molecule has 0 unspecified atom stereocenters. The molecular weight excluding hydrogens is 366 g/mol. The first kappa shape index (κ1) is 19.2. The molecule has 0 aromatic heterocycles. The first-order chi connectivity index (χ1) is 12.8. The normalized spacial score (nSPS) is 13.9. The molecule has 2 N–H and O–H groups in total. The SMILES string of the molecule is COc1ccc(S(=O)(=O)NC2CC2)cc1NC(=O)c1cccc(N(C)C)c1. The van der Waals surface area contributed by atoms with Gasteiger partial charge in [0.15, 0.2) is 0 Å². The summed E-state index contributed by atoms with van der Waals surface area (Å²) in [6.45, 7) is 0. The quantitative estimate of drug-likeness (QED) is 0.760. The smallest absolute Gasteiger partial charge is 0.255 e. The summed E-state index contributed by atoms with van der Waals surface area (Å²) < 4.78 is 32.8. The van der Waals surface area contributed by atoms with E-state index in [0.717, 1.165) is 18.5 Å². The van der Waals surface area contributed by atoms with Gasteiger partial charge < -0.3 is 15.0 Å². The summed E-state index contributed by atoms with van der Waals surface area (Å²) in [5.74, 6) is 0.0409. The number of sulfonamides is 1. The molecule has 0 radical (unpaired) electrons. The van der Waals surface area contributed by atoms with Crippen molar-refractivity contribution in [1.29, 1.82) is 0 Å². The Labute approximate surface area is 159 Å². The maximum atomic E-state index is 12.7. The van der Waals surface area contributed by atoms with E-state index in [2.05, 4.69) is 10.0 Å². The number of carbonyl (C=O) groups is 1. The lowest BCUT2D eigenvalue weighted by Crippen LogP contribution is -2.26. The highest BCUT2D eigenvalue weighted by molar-refractivity contribution is 7.89. The van der Waals surface area contributed by atoms with Gasteiger partial charge in [-0.25, -0.2) is 13.1 Å². The minimum atomic E-state index is -3.63. The Hall–Kier alpha value is -2.58. The fourth-order valence-electron chi connectivity index (χ4n) is 2.56. The molecule has 2 aromatic carbocycles. The predicted molar refractivity (Wildman–Crippen MR) is 105 cm³/mol. The van der Waals surface area contributed by atoms with Gasteiger partial charge in [0.05, 0.1) is 17.7 Å². The maximum Gasteiger partial charge on any atom is 0.255 e. The molecule has 0 saturated heterocycles. The van der Waals surface area contributed by atoms with Gasteiger partial charge in [-0.2, -0.15) is 0 Å². The van der Waals surface area contributed by atoms with Crippen LogP contribution in [-0.4, -0.2) is 41.6 Å². The van der Waals surface area contributed by atoms with Crippen molar-refractivity contribution in [3.63, 3.8) is 0 Å². The van der Waals surface area contributed by atoms with E-state index >= 15 is 0 Å². The number of nitrogens with one attached hydrogen (secondary N) is 2. The van der Waals surface area contributed by atoms with E-state index in [1.165, 1.54) is 25.3 Å². The second-order valence-electron chi connectivity index (χ2n) is 6.66. The van der Waals surface area contributed by atoms with Crippen LogP contribution in [0.5, 0.6) is 5.75 Å². The number of amides is 1. The Morgan fingerprint density at radius 3 is 2.52 bits per heavy atom. The highest BCUT2D eigenvalue weighted by Crippen LogP contribution is 2.29. The molecule has 144 valence electrons. The molecule has 7 nitrogen and oxygen atoms in total. The number of methoxy groups -OCH3 is 1. The second kappa shape index (κ2) is 7.58. The van der Waals surface area contributed by atoms with Gasteiger partial charge in [0, 0.05) is 31.4 Å². The van der Waals surface area contributed by atoms with Crippen LogP contribution in [-0.2, 0) is 10.0 Å². The number of hydrogen-bond donors (Lipinski definition) is 2. The van der Waals surface area contributed by atoms with Crippen LogP contribution >= 0.6 is 0 Å². The molecule has 0 atom stereocenters. The third kappa shape index (κ3) is 4.58. The monoisotopic (exact) mass is 389 g/mol. The third-order valence-electron chi connectivity index (χ3n) is 4.25. The average molecular weight is 389 g/mol. The van der Waals surface area contributed by atoms with Gasteiger partial charge in [-0.3, -0.25) is 4.79 Å².